The van der Waals surface area contributed by atoms with Crippen LogP contribution in [0.15, 0.2) is 24.3 Å². The molecule has 2 atom stereocenters. The Labute approximate surface area is 113 Å². The normalized spacial score (nSPS) is 14.4. The van der Waals surface area contributed by atoms with Crippen molar-refractivity contribution in [2.24, 2.45) is 5.92 Å². The quantitative estimate of drug-likeness (QED) is 0.798. The standard InChI is InChI=1S/C15H22FNO2/c1-10(2)8-14(15(18)19)17-11(3)9-12-4-6-13(16)7-5-12/h4-7,10-11,14,17H,8-9H2,1-3H3,(H,18,19). The van der Waals surface area contributed by atoms with Gasteiger partial charge in [-0.1, -0.05) is 26.0 Å². The molecule has 106 valence electrons. The van der Waals surface area contributed by atoms with Crippen LogP contribution in [-0.2, 0) is 11.2 Å². The van der Waals surface area contributed by atoms with E-state index in [9.17, 15) is 9.18 Å². The maximum Gasteiger partial charge on any atom is 0.320 e. The van der Waals surface area contributed by atoms with Crippen LogP contribution in [0.2, 0.25) is 0 Å². The van der Waals surface area contributed by atoms with Gasteiger partial charge in [-0.3, -0.25) is 4.79 Å². The van der Waals surface area contributed by atoms with Gasteiger partial charge in [-0.25, -0.2) is 4.39 Å². The number of hydrogen-bond donors (Lipinski definition) is 2. The minimum absolute atomic E-state index is 0.0327. The van der Waals surface area contributed by atoms with Crippen LogP contribution in [-0.4, -0.2) is 23.2 Å². The Morgan fingerprint density at radius 1 is 1.26 bits per heavy atom. The maximum absolute atomic E-state index is 12.8. The number of hydrogen-bond acceptors (Lipinski definition) is 2. The Kier molecular flexibility index (Phi) is 5.96. The first-order valence-electron chi connectivity index (χ1n) is 6.61. The van der Waals surface area contributed by atoms with Gasteiger partial charge in [-0.2, -0.15) is 0 Å². The van der Waals surface area contributed by atoms with Crippen molar-refractivity contribution in [2.45, 2.75) is 45.7 Å². The molecule has 0 aromatic heterocycles. The lowest BCUT2D eigenvalue weighted by Crippen LogP contribution is -2.43. The van der Waals surface area contributed by atoms with Crippen molar-refractivity contribution in [3.05, 3.63) is 35.6 Å². The van der Waals surface area contributed by atoms with Crippen LogP contribution in [0, 0.1) is 11.7 Å². The molecule has 19 heavy (non-hydrogen) atoms. The third-order valence-electron chi connectivity index (χ3n) is 2.95. The lowest BCUT2D eigenvalue weighted by molar-refractivity contribution is -0.140. The summed E-state index contributed by atoms with van der Waals surface area (Å²) in [7, 11) is 0. The van der Waals surface area contributed by atoms with E-state index in [1.165, 1.54) is 12.1 Å². The third-order valence-corrected chi connectivity index (χ3v) is 2.95. The summed E-state index contributed by atoms with van der Waals surface area (Å²) < 4.78 is 12.8. The predicted molar refractivity (Wildman–Crippen MR) is 73.6 cm³/mol. The summed E-state index contributed by atoms with van der Waals surface area (Å²) in [4.78, 5) is 11.2. The van der Waals surface area contributed by atoms with Crippen molar-refractivity contribution in [3.8, 4) is 0 Å². The van der Waals surface area contributed by atoms with Gasteiger partial charge < -0.3 is 10.4 Å². The highest BCUT2D eigenvalue weighted by molar-refractivity contribution is 5.73. The van der Waals surface area contributed by atoms with Crippen molar-refractivity contribution < 1.29 is 14.3 Å². The smallest absolute Gasteiger partial charge is 0.320 e. The zero-order chi connectivity index (χ0) is 14.4. The highest BCUT2D eigenvalue weighted by atomic mass is 19.1. The first-order valence-corrected chi connectivity index (χ1v) is 6.61. The molecule has 0 aliphatic rings. The van der Waals surface area contributed by atoms with E-state index in [4.69, 9.17) is 5.11 Å². The van der Waals surface area contributed by atoms with E-state index in [-0.39, 0.29) is 11.9 Å². The van der Waals surface area contributed by atoms with Crippen LogP contribution in [0.4, 0.5) is 4.39 Å². The van der Waals surface area contributed by atoms with Gasteiger partial charge in [0, 0.05) is 6.04 Å². The van der Waals surface area contributed by atoms with E-state index in [1.54, 1.807) is 12.1 Å². The molecular weight excluding hydrogens is 245 g/mol. The van der Waals surface area contributed by atoms with E-state index in [1.807, 2.05) is 20.8 Å². The van der Waals surface area contributed by atoms with Gasteiger partial charge in [0.15, 0.2) is 0 Å². The van der Waals surface area contributed by atoms with E-state index in [0.717, 1.165) is 5.56 Å². The Morgan fingerprint density at radius 2 is 1.84 bits per heavy atom. The molecule has 0 radical (unpaired) electrons. The number of rotatable bonds is 7. The monoisotopic (exact) mass is 267 g/mol. The van der Waals surface area contributed by atoms with Crippen LogP contribution in [0.3, 0.4) is 0 Å². The number of halogens is 1. The number of aliphatic carboxylic acids is 1. The van der Waals surface area contributed by atoms with E-state index in [2.05, 4.69) is 5.32 Å². The zero-order valence-electron chi connectivity index (χ0n) is 11.7. The number of carboxylic acids is 1. The summed E-state index contributed by atoms with van der Waals surface area (Å²) in [5, 5.41) is 12.3. The van der Waals surface area contributed by atoms with Crippen molar-refractivity contribution in [2.75, 3.05) is 0 Å². The molecule has 0 aliphatic carbocycles. The molecule has 0 amide bonds. The van der Waals surface area contributed by atoms with Crippen molar-refractivity contribution in [1.82, 2.24) is 5.32 Å². The molecule has 2 unspecified atom stereocenters. The molecule has 0 saturated heterocycles. The molecule has 0 spiro atoms. The Balaban J connectivity index is 2.54. The van der Waals surface area contributed by atoms with Crippen molar-refractivity contribution >= 4 is 5.97 Å². The molecule has 2 N–H and O–H groups in total. The molecule has 0 aliphatic heterocycles. The lowest BCUT2D eigenvalue weighted by Gasteiger charge is -2.21. The largest absolute Gasteiger partial charge is 0.480 e. The van der Waals surface area contributed by atoms with E-state index in [0.29, 0.717) is 18.8 Å². The molecule has 4 heteroatoms. The van der Waals surface area contributed by atoms with Gasteiger partial charge in [-0.15, -0.1) is 0 Å². The average molecular weight is 267 g/mol. The second kappa shape index (κ2) is 7.24. The highest BCUT2D eigenvalue weighted by Crippen LogP contribution is 2.09. The summed E-state index contributed by atoms with van der Waals surface area (Å²) in [6.07, 6.45) is 1.28. The average Bonchev–Trinajstić information content (AvgIpc) is 2.30. The molecule has 0 fully saturated rings. The molecule has 1 aromatic rings. The zero-order valence-corrected chi connectivity index (χ0v) is 11.7. The molecule has 1 rings (SSSR count). The molecule has 0 saturated carbocycles. The summed E-state index contributed by atoms with van der Waals surface area (Å²) in [5.41, 5.74) is 0.995. The maximum atomic E-state index is 12.8. The van der Waals surface area contributed by atoms with Crippen molar-refractivity contribution in [3.63, 3.8) is 0 Å². The Hall–Kier alpha value is -1.42. The molecule has 3 nitrogen and oxygen atoms in total. The molecule has 1 aromatic carbocycles. The SMILES string of the molecule is CC(C)CC(NC(C)Cc1ccc(F)cc1)C(=O)O. The fourth-order valence-electron chi connectivity index (χ4n) is 2.09. The van der Waals surface area contributed by atoms with E-state index >= 15 is 0 Å². The fraction of sp³-hybridized carbons (Fsp3) is 0.533. The second-order valence-electron chi connectivity index (χ2n) is 5.42. The predicted octanol–water partition coefficient (Wildman–Crippen LogP) is 2.85. The molecule has 0 bridgehead atoms. The van der Waals surface area contributed by atoms with Crippen LogP contribution >= 0.6 is 0 Å². The van der Waals surface area contributed by atoms with E-state index < -0.39 is 12.0 Å². The van der Waals surface area contributed by atoms with Crippen LogP contribution < -0.4 is 5.32 Å². The summed E-state index contributed by atoms with van der Waals surface area (Å²) >= 11 is 0. The first-order chi connectivity index (χ1) is 8.88. The number of carboxylic acid groups (broad SMARTS) is 1. The van der Waals surface area contributed by atoms with Crippen LogP contribution in [0.1, 0.15) is 32.8 Å². The van der Waals surface area contributed by atoms with Gasteiger partial charge in [0.2, 0.25) is 0 Å². The second-order valence-corrected chi connectivity index (χ2v) is 5.42. The summed E-state index contributed by atoms with van der Waals surface area (Å²) in [6.45, 7) is 5.95. The molecule has 0 heterocycles. The van der Waals surface area contributed by atoms with Crippen LogP contribution in [0.5, 0.6) is 0 Å². The van der Waals surface area contributed by atoms with Crippen LogP contribution in [0.25, 0.3) is 0 Å². The minimum atomic E-state index is -0.820. The van der Waals surface area contributed by atoms with Gasteiger partial charge in [0.25, 0.3) is 0 Å². The Bertz CT molecular complexity index is 403. The van der Waals surface area contributed by atoms with Gasteiger partial charge >= 0.3 is 5.97 Å². The highest BCUT2D eigenvalue weighted by Gasteiger charge is 2.20. The van der Waals surface area contributed by atoms with Gasteiger partial charge in [0.1, 0.15) is 11.9 Å². The number of benzene rings is 1. The van der Waals surface area contributed by atoms with Gasteiger partial charge in [-0.05, 0) is 43.4 Å². The third kappa shape index (κ3) is 5.83. The van der Waals surface area contributed by atoms with Crippen molar-refractivity contribution in [1.29, 1.82) is 0 Å². The topological polar surface area (TPSA) is 49.3 Å². The summed E-state index contributed by atoms with van der Waals surface area (Å²) in [5.74, 6) is -0.751. The fourth-order valence-corrected chi connectivity index (χ4v) is 2.09. The minimum Gasteiger partial charge on any atom is -0.480 e. The first kappa shape index (κ1) is 15.6. The molecular formula is C15H22FNO2. The Morgan fingerprint density at radius 3 is 2.32 bits per heavy atom. The number of nitrogens with one attached hydrogen (secondary N) is 1. The number of carbonyl (C=O) groups is 1. The lowest BCUT2D eigenvalue weighted by atomic mass is 10.0. The van der Waals surface area contributed by atoms with Gasteiger partial charge in [0.05, 0.1) is 0 Å². The summed E-state index contributed by atoms with van der Waals surface area (Å²) in [6, 6.07) is 5.80.